The maximum absolute atomic E-state index is 13.4. The minimum absolute atomic E-state index is 0.00929. The lowest BCUT2D eigenvalue weighted by molar-refractivity contribution is -0.115. The number of fused-ring (bicyclic) bond motifs is 2. The molecule has 3 aromatic rings. The predicted octanol–water partition coefficient (Wildman–Crippen LogP) is 4.53. The summed E-state index contributed by atoms with van der Waals surface area (Å²) in [6.07, 6.45) is 0. The molecule has 6 nitrogen and oxygen atoms in total. The van der Waals surface area contributed by atoms with E-state index in [0.717, 1.165) is 9.98 Å². The van der Waals surface area contributed by atoms with Crippen LogP contribution in [0.15, 0.2) is 60.7 Å². The summed E-state index contributed by atoms with van der Waals surface area (Å²) in [6, 6.07) is 16.3. The SMILES string of the molecule is CC(=O)N(Cl)c1ccc2c(c1NC(=O)c1ccccc1C)C(=O)c1ccccc1C2=O. The highest BCUT2D eigenvalue weighted by atomic mass is 35.5. The highest BCUT2D eigenvalue weighted by Gasteiger charge is 2.34. The smallest absolute Gasteiger partial charge is 0.256 e. The van der Waals surface area contributed by atoms with Gasteiger partial charge in [0.2, 0.25) is 5.91 Å². The van der Waals surface area contributed by atoms with Crippen LogP contribution in [-0.4, -0.2) is 23.4 Å². The van der Waals surface area contributed by atoms with Gasteiger partial charge in [-0.1, -0.05) is 42.5 Å². The van der Waals surface area contributed by atoms with Crippen molar-refractivity contribution in [3.8, 4) is 0 Å². The van der Waals surface area contributed by atoms with Crippen LogP contribution in [0.4, 0.5) is 11.4 Å². The zero-order valence-electron chi connectivity index (χ0n) is 16.7. The van der Waals surface area contributed by atoms with Crippen LogP contribution in [0.2, 0.25) is 0 Å². The van der Waals surface area contributed by atoms with Gasteiger partial charge in [-0.2, -0.15) is 0 Å². The van der Waals surface area contributed by atoms with Gasteiger partial charge < -0.3 is 5.32 Å². The van der Waals surface area contributed by atoms with Crippen molar-refractivity contribution in [2.75, 3.05) is 9.74 Å². The molecule has 0 fully saturated rings. The Morgan fingerprint density at radius 2 is 1.45 bits per heavy atom. The molecular formula is C24H17ClN2O4. The number of rotatable bonds is 3. The second kappa shape index (κ2) is 7.81. The van der Waals surface area contributed by atoms with Crippen LogP contribution in [0.25, 0.3) is 0 Å². The molecule has 3 aromatic carbocycles. The van der Waals surface area contributed by atoms with Gasteiger partial charge in [0.05, 0.1) is 16.9 Å². The second-order valence-electron chi connectivity index (χ2n) is 7.15. The molecule has 4 rings (SSSR count). The summed E-state index contributed by atoms with van der Waals surface area (Å²) in [7, 11) is 0. The van der Waals surface area contributed by atoms with Gasteiger partial charge in [0.1, 0.15) is 0 Å². The lowest BCUT2D eigenvalue weighted by Crippen LogP contribution is -2.27. The van der Waals surface area contributed by atoms with Gasteiger partial charge in [0.25, 0.3) is 5.91 Å². The van der Waals surface area contributed by atoms with E-state index in [1.165, 1.54) is 19.1 Å². The van der Waals surface area contributed by atoms with Gasteiger partial charge in [0.15, 0.2) is 11.6 Å². The average Bonchev–Trinajstić information content (AvgIpc) is 2.77. The summed E-state index contributed by atoms with van der Waals surface area (Å²) >= 11 is 6.17. The molecule has 0 heterocycles. The number of hydrogen-bond acceptors (Lipinski definition) is 4. The highest BCUT2D eigenvalue weighted by Crippen LogP contribution is 2.39. The second-order valence-corrected chi connectivity index (χ2v) is 7.49. The van der Waals surface area contributed by atoms with Crippen LogP contribution < -0.4 is 9.74 Å². The Morgan fingerprint density at radius 3 is 2.10 bits per heavy atom. The number of benzene rings is 3. The van der Waals surface area contributed by atoms with Crippen LogP contribution in [0.3, 0.4) is 0 Å². The van der Waals surface area contributed by atoms with Crippen molar-refractivity contribution in [2.24, 2.45) is 0 Å². The first-order chi connectivity index (χ1) is 14.8. The summed E-state index contributed by atoms with van der Waals surface area (Å²) in [6.45, 7) is 3.03. The fourth-order valence-electron chi connectivity index (χ4n) is 3.64. The molecule has 154 valence electrons. The molecule has 2 amide bonds. The van der Waals surface area contributed by atoms with E-state index < -0.39 is 17.6 Å². The third kappa shape index (κ3) is 3.41. The van der Waals surface area contributed by atoms with Crippen molar-refractivity contribution >= 4 is 46.5 Å². The molecule has 0 saturated carbocycles. The minimum atomic E-state index is -0.511. The summed E-state index contributed by atoms with van der Waals surface area (Å²) in [5.74, 6) is -1.77. The van der Waals surface area contributed by atoms with Crippen molar-refractivity contribution < 1.29 is 19.2 Å². The number of nitrogens with one attached hydrogen (secondary N) is 1. The van der Waals surface area contributed by atoms with Gasteiger partial charge in [0, 0.05) is 41.0 Å². The number of carbonyl (C=O) groups excluding carboxylic acids is 4. The fourth-order valence-corrected chi connectivity index (χ4v) is 3.78. The summed E-state index contributed by atoms with van der Waals surface area (Å²) in [4.78, 5) is 51.4. The van der Waals surface area contributed by atoms with Gasteiger partial charge >= 0.3 is 0 Å². The molecule has 1 aliphatic rings. The zero-order chi connectivity index (χ0) is 22.3. The van der Waals surface area contributed by atoms with Gasteiger partial charge in [-0.3, -0.25) is 19.2 Å². The molecule has 0 atom stereocenters. The summed E-state index contributed by atoms with van der Waals surface area (Å²) < 4.78 is 0.812. The molecule has 1 aliphatic carbocycles. The number of hydrogen-bond donors (Lipinski definition) is 1. The first kappa shape index (κ1) is 20.5. The molecule has 0 aliphatic heterocycles. The number of amides is 2. The maximum atomic E-state index is 13.4. The number of carbonyl (C=O) groups is 4. The Balaban J connectivity index is 1.93. The molecule has 31 heavy (non-hydrogen) atoms. The Hall–Kier alpha value is -3.77. The summed E-state index contributed by atoms with van der Waals surface area (Å²) in [5, 5.41) is 2.72. The number of anilines is 2. The molecule has 0 aromatic heterocycles. The molecule has 0 spiro atoms. The zero-order valence-corrected chi connectivity index (χ0v) is 17.5. The lowest BCUT2D eigenvalue weighted by atomic mass is 9.82. The average molecular weight is 433 g/mol. The van der Waals surface area contributed by atoms with E-state index >= 15 is 0 Å². The quantitative estimate of drug-likeness (QED) is 0.482. The normalized spacial score (nSPS) is 12.1. The summed E-state index contributed by atoms with van der Waals surface area (Å²) in [5.41, 5.74) is 1.92. The third-order valence-electron chi connectivity index (χ3n) is 5.19. The van der Waals surface area contributed by atoms with Gasteiger partial charge in [-0.25, -0.2) is 4.42 Å². The Labute approximate surface area is 183 Å². The number of halogens is 1. The third-order valence-corrected chi connectivity index (χ3v) is 5.61. The Kier molecular flexibility index (Phi) is 5.17. The van der Waals surface area contributed by atoms with Gasteiger partial charge in [-0.15, -0.1) is 0 Å². The van der Waals surface area contributed by atoms with Crippen LogP contribution in [0.5, 0.6) is 0 Å². The lowest BCUT2D eigenvalue weighted by Gasteiger charge is -2.24. The molecular weight excluding hydrogens is 416 g/mol. The highest BCUT2D eigenvalue weighted by molar-refractivity contribution is 6.39. The maximum Gasteiger partial charge on any atom is 0.256 e. The van der Waals surface area contributed by atoms with E-state index in [0.29, 0.717) is 11.1 Å². The molecule has 0 radical (unpaired) electrons. The minimum Gasteiger partial charge on any atom is -0.319 e. The molecule has 1 N–H and O–H groups in total. The Bertz CT molecular complexity index is 1280. The molecule has 0 unspecified atom stereocenters. The molecule has 7 heteroatoms. The van der Waals surface area contributed by atoms with Crippen molar-refractivity contribution in [3.63, 3.8) is 0 Å². The van der Waals surface area contributed by atoms with Gasteiger partial charge in [-0.05, 0) is 30.7 Å². The first-order valence-corrected chi connectivity index (χ1v) is 9.84. The van der Waals surface area contributed by atoms with Crippen LogP contribution in [0, 0.1) is 6.92 Å². The Morgan fingerprint density at radius 1 is 0.839 bits per heavy atom. The van der Waals surface area contributed by atoms with E-state index in [-0.39, 0.29) is 33.8 Å². The van der Waals surface area contributed by atoms with Crippen molar-refractivity contribution in [1.82, 2.24) is 0 Å². The first-order valence-electron chi connectivity index (χ1n) is 9.50. The van der Waals surface area contributed by atoms with E-state index in [1.807, 2.05) is 0 Å². The molecule has 0 bridgehead atoms. The number of ketones is 2. The van der Waals surface area contributed by atoms with E-state index in [9.17, 15) is 19.2 Å². The van der Waals surface area contributed by atoms with Crippen molar-refractivity contribution in [1.29, 1.82) is 0 Å². The van der Waals surface area contributed by atoms with Crippen LogP contribution in [-0.2, 0) is 4.79 Å². The predicted molar refractivity (Wildman–Crippen MR) is 118 cm³/mol. The van der Waals surface area contributed by atoms with Crippen LogP contribution >= 0.6 is 11.8 Å². The van der Waals surface area contributed by atoms with E-state index in [2.05, 4.69) is 5.32 Å². The van der Waals surface area contributed by atoms with Crippen LogP contribution in [0.1, 0.15) is 54.7 Å². The number of nitrogens with zero attached hydrogens (tertiary/aromatic N) is 1. The standard InChI is InChI=1S/C24H17ClN2O4/c1-13-7-3-4-8-15(13)24(31)26-21-19(27(25)14(2)28)12-11-18-20(21)23(30)17-10-6-5-9-16(17)22(18)29/h3-12H,1-2H3,(H,26,31). The van der Waals surface area contributed by atoms with Crippen molar-refractivity contribution in [3.05, 3.63) is 94.0 Å². The topological polar surface area (TPSA) is 83.6 Å². The largest absolute Gasteiger partial charge is 0.319 e. The molecule has 0 saturated heterocycles. The monoisotopic (exact) mass is 432 g/mol. The van der Waals surface area contributed by atoms with Crippen molar-refractivity contribution in [2.45, 2.75) is 13.8 Å². The van der Waals surface area contributed by atoms with E-state index in [4.69, 9.17) is 11.8 Å². The fraction of sp³-hybridized carbons (Fsp3) is 0.0833. The van der Waals surface area contributed by atoms with E-state index in [1.54, 1.807) is 55.5 Å². The number of aryl methyl sites for hydroxylation is 1.